The average Bonchev–Trinajstić information content (AvgIpc) is 3.51. The van der Waals surface area contributed by atoms with Gasteiger partial charge in [0.2, 0.25) is 17.7 Å². The standard InChI is InChI=1S/C32H42N4O7/c1-3-32(2,35-27(37)24(33)17-10-11-20-43-30(41)23-15-8-5-9-16-23)31(42)34-25(21-22-13-6-4-7-14-22)28(38)36-19-12-18-26(36)29(39)40/h4-9,13-16,24-26H,3,10-12,17-21,33H2,1-2H3,(H,34,42)(H,35,37)(H,39,40)/t24-,25-,26+,32-/m0/s1. The van der Waals surface area contributed by atoms with Crippen LogP contribution in [0.3, 0.4) is 0 Å². The molecule has 0 aromatic heterocycles. The summed E-state index contributed by atoms with van der Waals surface area (Å²) in [6, 6.07) is 14.9. The third-order valence-electron chi connectivity index (χ3n) is 7.80. The molecule has 0 bridgehead atoms. The molecule has 2 aromatic carbocycles. The fourth-order valence-electron chi connectivity index (χ4n) is 4.94. The highest BCUT2D eigenvalue weighted by atomic mass is 16.5. The number of carbonyl (C=O) groups excluding carboxylic acids is 4. The number of carboxylic acid groups (broad SMARTS) is 1. The van der Waals surface area contributed by atoms with Gasteiger partial charge < -0.3 is 31.1 Å². The molecule has 3 rings (SSSR count). The Labute approximate surface area is 252 Å². The topological polar surface area (TPSA) is 168 Å². The fourth-order valence-corrected chi connectivity index (χ4v) is 4.94. The SMILES string of the molecule is CC[C@](C)(NC(=O)[C@@H](N)CCCCOC(=O)c1ccccc1)C(=O)N[C@@H](Cc1ccccc1)C(=O)N1CCC[C@@H]1C(=O)O. The van der Waals surface area contributed by atoms with Crippen LogP contribution in [0.2, 0.25) is 0 Å². The molecule has 3 amide bonds. The first-order valence-corrected chi connectivity index (χ1v) is 14.7. The number of nitrogens with one attached hydrogen (secondary N) is 2. The van der Waals surface area contributed by atoms with Crippen LogP contribution < -0.4 is 16.4 Å². The summed E-state index contributed by atoms with van der Waals surface area (Å²) < 4.78 is 5.26. The Morgan fingerprint density at radius 2 is 1.70 bits per heavy atom. The van der Waals surface area contributed by atoms with Gasteiger partial charge in [-0.05, 0) is 63.1 Å². The van der Waals surface area contributed by atoms with E-state index in [4.69, 9.17) is 10.5 Å². The lowest BCUT2D eigenvalue weighted by Gasteiger charge is -2.33. The zero-order valence-corrected chi connectivity index (χ0v) is 24.8. The number of nitrogens with zero attached hydrogens (tertiary/aromatic N) is 1. The van der Waals surface area contributed by atoms with Crippen LogP contribution in [0.4, 0.5) is 0 Å². The molecule has 0 unspecified atom stereocenters. The molecule has 5 N–H and O–H groups in total. The summed E-state index contributed by atoms with van der Waals surface area (Å²) in [4.78, 5) is 65.2. The van der Waals surface area contributed by atoms with E-state index in [0.717, 1.165) is 5.56 Å². The van der Waals surface area contributed by atoms with Crippen molar-refractivity contribution in [1.82, 2.24) is 15.5 Å². The number of carboxylic acids is 1. The molecule has 1 aliphatic heterocycles. The van der Waals surface area contributed by atoms with Crippen molar-refractivity contribution in [2.45, 2.75) is 82.5 Å². The highest BCUT2D eigenvalue weighted by Gasteiger charge is 2.41. The van der Waals surface area contributed by atoms with E-state index in [1.807, 2.05) is 36.4 Å². The Morgan fingerprint density at radius 1 is 1.05 bits per heavy atom. The van der Waals surface area contributed by atoms with Crippen molar-refractivity contribution in [2.24, 2.45) is 5.73 Å². The third-order valence-corrected chi connectivity index (χ3v) is 7.80. The van der Waals surface area contributed by atoms with Gasteiger partial charge in [-0.3, -0.25) is 14.4 Å². The van der Waals surface area contributed by atoms with Crippen molar-refractivity contribution in [3.05, 3.63) is 71.8 Å². The van der Waals surface area contributed by atoms with E-state index in [2.05, 4.69) is 10.6 Å². The van der Waals surface area contributed by atoms with Gasteiger partial charge in [0.15, 0.2) is 0 Å². The maximum Gasteiger partial charge on any atom is 0.338 e. The van der Waals surface area contributed by atoms with Gasteiger partial charge in [0.05, 0.1) is 18.2 Å². The van der Waals surface area contributed by atoms with Gasteiger partial charge in [0.1, 0.15) is 17.6 Å². The number of aliphatic carboxylic acids is 1. The van der Waals surface area contributed by atoms with E-state index >= 15 is 0 Å². The normalized spacial score (nSPS) is 17.3. The highest BCUT2D eigenvalue weighted by Crippen LogP contribution is 2.20. The smallest absolute Gasteiger partial charge is 0.338 e. The van der Waals surface area contributed by atoms with Crippen molar-refractivity contribution in [3.8, 4) is 0 Å². The van der Waals surface area contributed by atoms with Crippen molar-refractivity contribution in [3.63, 3.8) is 0 Å². The molecular formula is C32H42N4O7. The Bertz CT molecular complexity index is 1260. The van der Waals surface area contributed by atoms with Crippen LogP contribution in [0.5, 0.6) is 0 Å². The number of hydrogen-bond acceptors (Lipinski definition) is 7. The second kappa shape index (κ2) is 15.8. The van der Waals surface area contributed by atoms with E-state index in [0.29, 0.717) is 44.2 Å². The number of amides is 3. The van der Waals surface area contributed by atoms with E-state index < -0.39 is 53.3 Å². The average molecular weight is 595 g/mol. The second-order valence-corrected chi connectivity index (χ2v) is 11.0. The molecule has 0 radical (unpaired) electrons. The summed E-state index contributed by atoms with van der Waals surface area (Å²) >= 11 is 0. The molecule has 232 valence electrons. The van der Waals surface area contributed by atoms with E-state index in [9.17, 15) is 29.1 Å². The number of hydrogen-bond donors (Lipinski definition) is 4. The monoisotopic (exact) mass is 594 g/mol. The quantitative estimate of drug-likeness (QED) is 0.180. The first-order chi connectivity index (χ1) is 20.6. The Kier molecular flexibility index (Phi) is 12.2. The molecular weight excluding hydrogens is 552 g/mol. The van der Waals surface area contributed by atoms with Crippen LogP contribution in [-0.2, 0) is 30.3 Å². The molecule has 11 heteroatoms. The summed E-state index contributed by atoms with van der Waals surface area (Å²) in [5.41, 5.74) is 6.01. The van der Waals surface area contributed by atoms with Gasteiger partial charge in [0, 0.05) is 13.0 Å². The van der Waals surface area contributed by atoms with Crippen molar-refractivity contribution >= 4 is 29.7 Å². The molecule has 1 aliphatic rings. The van der Waals surface area contributed by atoms with Gasteiger partial charge in [-0.2, -0.15) is 0 Å². The highest BCUT2D eigenvalue weighted by molar-refractivity contribution is 5.96. The Hall–Kier alpha value is -4.25. The predicted octanol–water partition coefficient (Wildman–Crippen LogP) is 2.43. The summed E-state index contributed by atoms with van der Waals surface area (Å²) in [5, 5.41) is 15.1. The lowest BCUT2D eigenvalue weighted by molar-refractivity contribution is -0.149. The lowest BCUT2D eigenvalue weighted by atomic mass is 9.95. The van der Waals surface area contributed by atoms with E-state index in [1.165, 1.54) is 4.90 Å². The first kappa shape index (κ1) is 33.3. The lowest BCUT2D eigenvalue weighted by Crippen LogP contribution is -2.63. The number of rotatable bonds is 15. The van der Waals surface area contributed by atoms with Crippen LogP contribution in [0, 0.1) is 0 Å². The van der Waals surface area contributed by atoms with Gasteiger partial charge in [-0.15, -0.1) is 0 Å². The number of carbonyl (C=O) groups is 5. The van der Waals surface area contributed by atoms with Crippen molar-refractivity contribution < 1.29 is 33.8 Å². The maximum absolute atomic E-state index is 13.6. The molecule has 1 fully saturated rings. The van der Waals surface area contributed by atoms with Crippen LogP contribution in [0.25, 0.3) is 0 Å². The minimum Gasteiger partial charge on any atom is -0.480 e. The number of esters is 1. The molecule has 0 spiro atoms. The third kappa shape index (κ3) is 9.37. The van der Waals surface area contributed by atoms with Gasteiger partial charge in [-0.25, -0.2) is 9.59 Å². The minimum absolute atomic E-state index is 0.163. The van der Waals surface area contributed by atoms with Crippen LogP contribution >= 0.6 is 0 Å². The van der Waals surface area contributed by atoms with Crippen molar-refractivity contribution in [2.75, 3.05) is 13.2 Å². The van der Waals surface area contributed by atoms with Gasteiger partial charge in [-0.1, -0.05) is 55.5 Å². The zero-order valence-electron chi connectivity index (χ0n) is 24.8. The number of unbranched alkanes of at least 4 members (excludes halogenated alkanes) is 1. The molecule has 2 aromatic rings. The molecule has 1 heterocycles. The molecule has 0 aliphatic carbocycles. The molecule has 43 heavy (non-hydrogen) atoms. The van der Waals surface area contributed by atoms with E-state index in [1.54, 1.807) is 38.1 Å². The number of ether oxygens (including phenoxy) is 1. The summed E-state index contributed by atoms with van der Waals surface area (Å²) in [5.74, 6) is -3.05. The number of nitrogens with two attached hydrogens (primary N) is 1. The minimum atomic E-state index is -1.37. The summed E-state index contributed by atoms with van der Waals surface area (Å²) in [6.07, 6.45) is 2.66. The summed E-state index contributed by atoms with van der Waals surface area (Å²) in [6.45, 7) is 3.78. The molecule has 0 saturated carbocycles. The maximum atomic E-state index is 13.6. The molecule has 4 atom stereocenters. The Morgan fingerprint density at radius 3 is 2.33 bits per heavy atom. The van der Waals surface area contributed by atoms with Crippen LogP contribution in [0.1, 0.15) is 68.3 Å². The van der Waals surface area contributed by atoms with Crippen LogP contribution in [-0.4, -0.2) is 76.5 Å². The van der Waals surface area contributed by atoms with Crippen molar-refractivity contribution in [1.29, 1.82) is 0 Å². The largest absolute Gasteiger partial charge is 0.480 e. The summed E-state index contributed by atoms with van der Waals surface area (Å²) in [7, 11) is 0. The predicted molar refractivity (Wildman–Crippen MR) is 160 cm³/mol. The van der Waals surface area contributed by atoms with Gasteiger partial charge in [0.25, 0.3) is 0 Å². The number of benzene rings is 2. The number of likely N-dealkylation sites (tertiary alicyclic amines) is 1. The first-order valence-electron chi connectivity index (χ1n) is 14.7. The second-order valence-electron chi connectivity index (χ2n) is 11.0. The Balaban J connectivity index is 1.57. The fraction of sp³-hybridized carbons (Fsp3) is 0.469. The van der Waals surface area contributed by atoms with Crippen LogP contribution in [0.15, 0.2) is 60.7 Å². The molecule has 1 saturated heterocycles. The zero-order chi connectivity index (χ0) is 31.4. The van der Waals surface area contributed by atoms with E-state index in [-0.39, 0.29) is 19.4 Å². The molecule has 11 nitrogen and oxygen atoms in total. The van der Waals surface area contributed by atoms with Gasteiger partial charge >= 0.3 is 11.9 Å².